The minimum atomic E-state index is -4.01. The van der Waals surface area contributed by atoms with Gasteiger partial charge in [0.1, 0.15) is 35.5 Å². The first-order chi connectivity index (χ1) is 26.8. The lowest BCUT2D eigenvalue weighted by Gasteiger charge is -2.36. The number of fused-ring (bicyclic) bond motifs is 1. The van der Waals surface area contributed by atoms with E-state index in [0.29, 0.717) is 40.6 Å². The highest BCUT2D eigenvalue weighted by Gasteiger charge is 2.48. The Labute approximate surface area is 333 Å². The average Bonchev–Trinajstić information content (AvgIpc) is 3.71. The van der Waals surface area contributed by atoms with Crippen LogP contribution in [0, 0.1) is 23.7 Å². The number of hydrogen-bond donors (Lipinski definition) is 3. The molecule has 3 heterocycles. The first-order valence-corrected chi connectivity index (χ1v) is 20.2. The molecule has 5 atom stereocenters. The molecule has 1 aliphatic heterocycles. The number of sulfonamides is 1. The highest BCUT2D eigenvalue weighted by atomic mass is 32.2. The summed E-state index contributed by atoms with van der Waals surface area (Å²) in [5.74, 6) is -0.253. The predicted molar refractivity (Wildman–Crippen MR) is 212 cm³/mol. The molecule has 2 aliphatic rings. The molecule has 15 nitrogen and oxygen atoms in total. The van der Waals surface area contributed by atoms with Crippen molar-refractivity contribution in [1.82, 2.24) is 25.2 Å². The minimum Gasteiger partial charge on any atom is -0.494 e. The number of furan rings is 1. The number of nitrogens with one attached hydrogen (secondary N) is 3. The molecule has 16 heteroatoms. The number of benzene rings is 1. The maximum absolute atomic E-state index is 14.7. The van der Waals surface area contributed by atoms with E-state index in [-0.39, 0.29) is 25.3 Å². The molecule has 0 spiro atoms. The number of alkyl carbamates (subject to hydrolysis) is 1. The van der Waals surface area contributed by atoms with Crippen molar-refractivity contribution in [2.24, 2.45) is 11.3 Å². The molecule has 1 saturated carbocycles. The molecule has 1 unspecified atom stereocenters. The van der Waals surface area contributed by atoms with Crippen molar-refractivity contribution in [1.29, 1.82) is 0 Å². The largest absolute Gasteiger partial charge is 0.494 e. The van der Waals surface area contributed by atoms with Crippen molar-refractivity contribution in [3.8, 4) is 35.2 Å². The van der Waals surface area contributed by atoms with Gasteiger partial charge in [-0.15, -0.1) is 18.9 Å². The monoisotopic (exact) mass is 805 g/mol. The fourth-order valence-corrected chi connectivity index (χ4v) is 7.95. The summed E-state index contributed by atoms with van der Waals surface area (Å²) in [6, 6.07) is 5.07. The van der Waals surface area contributed by atoms with Crippen LogP contribution in [0.1, 0.15) is 67.2 Å². The Bertz CT molecular complexity index is 2150. The number of carbonyl (C=O) groups is 4. The molecule has 2 aromatic heterocycles. The van der Waals surface area contributed by atoms with Crippen molar-refractivity contribution in [2.45, 2.75) is 102 Å². The second-order valence-electron chi connectivity index (χ2n) is 16.3. The zero-order valence-electron chi connectivity index (χ0n) is 33.3. The number of carbonyl (C=O) groups excluding carboxylic acids is 4. The standard InChI is InChI=1S/C41H51N5O10S/c1-10-14-24(11-2)32(36(48)45-57(51,52)27-17-18-27)42-35(47)30-21-26(22-46(30)38(49)34(40(3,4)5)44-39(50)56-41(6,7)8)55-37-29-16-13-12-15-28(29)33(53-9)31(43-37)25-19-20-54-23-25/h2,10,12-13,15-16,19-20,23-24,26-27,30,32,34H,1,14,17-18,21-22H2,3-9H3,(H,42,47)(H,44,50)(H,45,48)/t24?,26-,30+,32-,34-/m1/s1. The van der Waals surface area contributed by atoms with Gasteiger partial charge in [0.2, 0.25) is 27.7 Å². The Morgan fingerprint density at radius 1 is 1.09 bits per heavy atom. The molecule has 1 aromatic carbocycles. The van der Waals surface area contributed by atoms with E-state index in [0.717, 1.165) is 0 Å². The molecule has 3 aromatic rings. The number of pyridine rings is 1. The Kier molecular flexibility index (Phi) is 12.6. The van der Waals surface area contributed by atoms with Crippen molar-refractivity contribution < 1.29 is 46.2 Å². The van der Waals surface area contributed by atoms with Gasteiger partial charge in [-0.1, -0.05) is 45.0 Å². The normalized spacial score (nSPS) is 18.7. The molecular formula is C41H51N5O10S. The van der Waals surface area contributed by atoms with Crippen molar-refractivity contribution in [3.05, 3.63) is 55.5 Å². The van der Waals surface area contributed by atoms with Gasteiger partial charge in [-0.25, -0.2) is 18.2 Å². The van der Waals surface area contributed by atoms with E-state index in [1.54, 1.807) is 53.7 Å². The number of hydrogen-bond acceptors (Lipinski definition) is 11. The predicted octanol–water partition coefficient (Wildman–Crippen LogP) is 4.71. The van der Waals surface area contributed by atoms with Crippen LogP contribution in [0.5, 0.6) is 11.6 Å². The Morgan fingerprint density at radius 2 is 1.77 bits per heavy atom. The summed E-state index contributed by atoms with van der Waals surface area (Å²) in [4.78, 5) is 61.9. The topological polar surface area (TPSA) is 195 Å². The number of likely N-dealkylation sites (tertiary alicyclic amines) is 1. The molecule has 1 saturated heterocycles. The summed E-state index contributed by atoms with van der Waals surface area (Å²) in [7, 11) is -2.48. The molecule has 5 rings (SSSR count). The number of rotatable bonds is 14. The lowest BCUT2D eigenvalue weighted by atomic mass is 9.85. The molecule has 1 aliphatic carbocycles. The Morgan fingerprint density at radius 3 is 2.33 bits per heavy atom. The molecule has 0 bridgehead atoms. The van der Waals surface area contributed by atoms with E-state index in [1.807, 2.05) is 18.2 Å². The summed E-state index contributed by atoms with van der Waals surface area (Å²) in [5.41, 5.74) is -0.679. The van der Waals surface area contributed by atoms with Crippen LogP contribution in [0.4, 0.5) is 4.79 Å². The van der Waals surface area contributed by atoms with Gasteiger partial charge in [0.05, 0.1) is 37.3 Å². The average molecular weight is 806 g/mol. The van der Waals surface area contributed by atoms with Gasteiger partial charge in [0.15, 0.2) is 5.75 Å². The van der Waals surface area contributed by atoms with Crippen molar-refractivity contribution in [3.63, 3.8) is 0 Å². The molecule has 57 heavy (non-hydrogen) atoms. The van der Waals surface area contributed by atoms with E-state index in [2.05, 4.69) is 27.9 Å². The summed E-state index contributed by atoms with van der Waals surface area (Å²) < 4.78 is 50.8. The third-order valence-corrected chi connectivity index (χ3v) is 11.4. The van der Waals surface area contributed by atoms with Crippen molar-refractivity contribution in [2.75, 3.05) is 13.7 Å². The number of nitrogens with zero attached hydrogens (tertiary/aromatic N) is 2. The third-order valence-electron chi connectivity index (χ3n) is 9.55. The fourth-order valence-electron chi connectivity index (χ4n) is 6.62. The summed E-state index contributed by atoms with van der Waals surface area (Å²) in [5, 5.41) is 5.92. The Hall–Kier alpha value is -5.56. The highest BCUT2D eigenvalue weighted by molar-refractivity contribution is 7.90. The minimum absolute atomic E-state index is 0.0680. The zero-order chi connectivity index (χ0) is 41.9. The summed E-state index contributed by atoms with van der Waals surface area (Å²) in [6.07, 6.45) is 9.39. The maximum Gasteiger partial charge on any atom is 0.408 e. The van der Waals surface area contributed by atoms with Crippen LogP contribution in [0.25, 0.3) is 22.0 Å². The molecule has 2 fully saturated rings. The van der Waals surface area contributed by atoms with Crippen LogP contribution in [0.3, 0.4) is 0 Å². The van der Waals surface area contributed by atoms with Crippen molar-refractivity contribution >= 4 is 44.6 Å². The smallest absolute Gasteiger partial charge is 0.408 e. The van der Waals surface area contributed by atoms with Gasteiger partial charge in [-0.3, -0.25) is 19.1 Å². The first-order valence-electron chi connectivity index (χ1n) is 18.7. The molecule has 0 radical (unpaired) electrons. The Balaban J connectivity index is 1.53. The van der Waals surface area contributed by atoms with E-state index in [1.165, 1.54) is 30.6 Å². The summed E-state index contributed by atoms with van der Waals surface area (Å²) in [6.45, 7) is 13.9. The van der Waals surface area contributed by atoms with E-state index in [4.69, 9.17) is 30.0 Å². The van der Waals surface area contributed by atoms with Gasteiger partial charge in [-0.2, -0.15) is 0 Å². The number of allylic oxidation sites excluding steroid dienone is 1. The van der Waals surface area contributed by atoms with Crippen LogP contribution < -0.4 is 24.8 Å². The van der Waals surface area contributed by atoms with Gasteiger partial charge in [0, 0.05) is 22.8 Å². The second kappa shape index (κ2) is 16.9. The maximum atomic E-state index is 14.7. The van der Waals surface area contributed by atoms with Gasteiger partial charge in [-0.05, 0) is 57.6 Å². The van der Waals surface area contributed by atoms with Gasteiger partial charge in [0.25, 0.3) is 5.91 Å². The third kappa shape index (κ3) is 10.1. The zero-order valence-corrected chi connectivity index (χ0v) is 34.1. The lowest BCUT2D eigenvalue weighted by Crippen LogP contribution is -2.60. The van der Waals surface area contributed by atoms with Gasteiger partial charge >= 0.3 is 6.09 Å². The van der Waals surface area contributed by atoms with E-state index >= 15 is 0 Å². The quantitative estimate of drug-likeness (QED) is 0.151. The number of aromatic nitrogens is 1. The molecule has 4 amide bonds. The molecule has 306 valence electrons. The van der Waals surface area contributed by atoms with Crippen LogP contribution in [-0.4, -0.2) is 90.9 Å². The molecule has 3 N–H and O–H groups in total. The van der Waals surface area contributed by atoms with E-state index in [9.17, 15) is 27.6 Å². The van der Waals surface area contributed by atoms with Crippen LogP contribution >= 0.6 is 0 Å². The SMILES string of the molecule is C#CC(CC=C)[C@@H](NC(=O)[C@@H]1C[C@@H](Oc2nc(-c3ccoc3)c(OC)c3ccccc23)CN1C(=O)[C@@H](NC(=O)OC(C)(C)C)C(C)(C)C)C(=O)NS(=O)(=O)C1CC1. The highest BCUT2D eigenvalue weighted by Crippen LogP contribution is 2.40. The first kappa shape index (κ1) is 42.6. The van der Waals surface area contributed by atoms with Crippen LogP contribution in [0.15, 0.2) is 59.9 Å². The number of amides is 4. The van der Waals surface area contributed by atoms with Gasteiger partial charge < -0.3 is 34.2 Å². The summed E-state index contributed by atoms with van der Waals surface area (Å²) >= 11 is 0. The lowest BCUT2D eigenvalue weighted by molar-refractivity contribution is -0.142. The molecular weight excluding hydrogens is 755 g/mol. The van der Waals surface area contributed by atoms with Crippen LogP contribution in [-0.2, 0) is 29.1 Å². The second-order valence-corrected chi connectivity index (χ2v) is 18.2. The van der Waals surface area contributed by atoms with Crippen LogP contribution in [0.2, 0.25) is 0 Å². The van der Waals surface area contributed by atoms with E-state index < -0.39 is 80.3 Å². The number of methoxy groups -OCH3 is 1. The number of ether oxygens (including phenoxy) is 3. The fraction of sp³-hybridized carbons (Fsp3) is 0.488. The number of terminal acetylenes is 1.